The summed E-state index contributed by atoms with van der Waals surface area (Å²) in [5.74, 6) is 2.51. The number of hydrogen-bond donors (Lipinski definition) is 0. The zero-order valence-electron chi connectivity index (χ0n) is 16.2. The van der Waals surface area contributed by atoms with Crippen LogP contribution >= 0.6 is 0 Å². The molecule has 0 bridgehead atoms. The van der Waals surface area contributed by atoms with Crippen LogP contribution in [0.2, 0.25) is 0 Å². The Bertz CT molecular complexity index is 533. The van der Waals surface area contributed by atoms with Gasteiger partial charge in [-0.2, -0.15) is 0 Å². The quantitative estimate of drug-likeness (QED) is 0.606. The van der Waals surface area contributed by atoms with Crippen molar-refractivity contribution in [1.82, 2.24) is 0 Å². The molecular formula is C23H36O. The van der Waals surface area contributed by atoms with Gasteiger partial charge in [0.1, 0.15) is 0 Å². The van der Waals surface area contributed by atoms with E-state index in [-0.39, 0.29) is 0 Å². The van der Waals surface area contributed by atoms with Crippen molar-refractivity contribution < 1.29 is 4.74 Å². The van der Waals surface area contributed by atoms with Crippen molar-refractivity contribution in [2.45, 2.75) is 78.6 Å². The first-order valence-corrected chi connectivity index (χ1v) is 10.1. The topological polar surface area (TPSA) is 9.23 Å². The van der Waals surface area contributed by atoms with Crippen molar-refractivity contribution in [3.8, 4) is 0 Å². The lowest BCUT2D eigenvalue weighted by molar-refractivity contribution is 0.0950. The predicted octanol–water partition coefficient (Wildman–Crippen LogP) is 6.42. The molecule has 1 aliphatic carbocycles. The lowest BCUT2D eigenvalue weighted by atomic mass is 9.69. The number of ether oxygens (including phenoxy) is 1. The zero-order chi connectivity index (χ0) is 17.2. The minimum Gasteiger partial charge on any atom is -0.381 e. The molecule has 2 aliphatic rings. The molecule has 0 spiro atoms. The van der Waals surface area contributed by atoms with Gasteiger partial charge in [0, 0.05) is 13.2 Å². The van der Waals surface area contributed by atoms with E-state index in [1.807, 2.05) is 0 Å². The van der Waals surface area contributed by atoms with E-state index in [0.717, 1.165) is 31.0 Å². The number of rotatable bonds is 5. The second-order valence-corrected chi connectivity index (χ2v) is 9.09. The Hall–Kier alpha value is -0.820. The van der Waals surface area contributed by atoms with Crippen LogP contribution in [0.25, 0.3) is 0 Å². The summed E-state index contributed by atoms with van der Waals surface area (Å²) in [4.78, 5) is 0. The van der Waals surface area contributed by atoms with Crippen LogP contribution in [-0.2, 0) is 4.74 Å². The van der Waals surface area contributed by atoms with Gasteiger partial charge in [0.15, 0.2) is 0 Å². The van der Waals surface area contributed by atoms with Crippen molar-refractivity contribution in [3.05, 3.63) is 34.9 Å². The molecule has 0 N–H and O–H groups in total. The van der Waals surface area contributed by atoms with E-state index in [1.165, 1.54) is 56.1 Å². The molecular weight excluding hydrogens is 292 g/mol. The normalized spacial score (nSPS) is 22.0. The Kier molecular flexibility index (Phi) is 5.70. The maximum absolute atomic E-state index is 5.70. The van der Waals surface area contributed by atoms with Gasteiger partial charge in [-0.25, -0.2) is 0 Å². The van der Waals surface area contributed by atoms with Crippen molar-refractivity contribution in [3.63, 3.8) is 0 Å². The van der Waals surface area contributed by atoms with Gasteiger partial charge in [0.25, 0.3) is 0 Å². The molecule has 1 heterocycles. The third-order valence-electron chi connectivity index (χ3n) is 6.56. The molecule has 1 nitrogen and oxygen atoms in total. The fraction of sp³-hybridized carbons (Fsp3) is 0.739. The van der Waals surface area contributed by atoms with Gasteiger partial charge in [-0.1, -0.05) is 37.6 Å². The molecule has 134 valence electrons. The lowest BCUT2D eigenvalue weighted by Gasteiger charge is -2.37. The monoisotopic (exact) mass is 328 g/mol. The largest absolute Gasteiger partial charge is 0.381 e. The average Bonchev–Trinajstić information content (AvgIpc) is 3.33. The summed E-state index contributed by atoms with van der Waals surface area (Å²) in [7, 11) is 0. The summed E-state index contributed by atoms with van der Waals surface area (Å²) in [6.45, 7) is 11.5. The predicted molar refractivity (Wildman–Crippen MR) is 103 cm³/mol. The Morgan fingerprint density at radius 3 is 2.33 bits per heavy atom. The standard InChI is InChI=1S/C23H36O/c1-17-9-10-18(2)21(15-17)22(16-23(3,4)20-11-12-20)19-7-5-13-24-14-6-8-19/h9-10,15,19-20,22H,5-8,11-14,16H2,1-4H3. The highest BCUT2D eigenvalue weighted by molar-refractivity contribution is 5.34. The van der Waals surface area contributed by atoms with Gasteiger partial charge in [0.2, 0.25) is 0 Å². The van der Waals surface area contributed by atoms with E-state index in [2.05, 4.69) is 45.9 Å². The fourth-order valence-corrected chi connectivity index (χ4v) is 4.83. The summed E-state index contributed by atoms with van der Waals surface area (Å²) in [5, 5.41) is 0. The highest BCUT2D eigenvalue weighted by Gasteiger charge is 2.41. The van der Waals surface area contributed by atoms with E-state index < -0.39 is 0 Å². The van der Waals surface area contributed by atoms with Crippen molar-refractivity contribution in [1.29, 1.82) is 0 Å². The fourth-order valence-electron chi connectivity index (χ4n) is 4.83. The minimum atomic E-state index is 0.486. The summed E-state index contributed by atoms with van der Waals surface area (Å²) in [6, 6.07) is 7.10. The molecule has 1 aromatic carbocycles. The molecule has 2 fully saturated rings. The smallest absolute Gasteiger partial charge is 0.0466 e. The highest BCUT2D eigenvalue weighted by atomic mass is 16.5. The van der Waals surface area contributed by atoms with Gasteiger partial charge in [-0.3, -0.25) is 0 Å². The first kappa shape index (κ1) is 18.0. The van der Waals surface area contributed by atoms with Crippen molar-refractivity contribution in [2.75, 3.05) is 13.2 Å². The Morgan fingerprint density at radius 2 is 1.71 bits per heavy atom. The van der Waals surface area contributed by atoms with Crippen molar-refractivity contribution in [2.24, 2.45) is 17.3 Å². The van der Waals surface area contributed by atoms with Gasteiger partial charge >= 0.3 is 0 Å². The van der Waals surface area contributed by atoms with E-state index in [4.69, 9.17) is 4.74 Å². The molecule has 0 aromatic heterocycles. The second kappa shape index (κ2) is 7.60. The van der Waals surface area contributed by atoms with E-state index in [1.54, 1.807) is 5.56 Å². The van der Waals surface area contributed by atoms with Crippen LogP contribution in [0.3, 0.4) is 0 Å². The molecule has 1 unspecified atom stereocenters. The van der Waals surface area contributed by atoms with Crippen LogP contribution in [0.1, 0.15) is 81.4 Å². The molecule has 1 atom stereocenters. The number of hydrogen-bond acceptors (Lipinski definition) is 1. The van der Waals surface area contributed by atoms with Gasteiger partial charge in [0.05, 0.1) is 0 Å². The molecule has 1 aromatic rings. The van der Waals surface area contributed by atoms with Gasteiger partial charge in [-0.05, 0) is 93.1 Å². The van der Waals surface area contributed by atoms with Crippen LogP contribution in [-0.4, -0.2) is 13.2 Å². The minimum absolute atomic E-state index is 0.486. The van der Waals surface area contributed by atoms with Crippen LogP contribution in [0.15, 0.2) is 18.2 Å². The molecule has 1 heteroatoms. The van der Waals surface area contributed by atoms with Gasteiger partial charge < -0.3 is 4.74 Å². The van der Waals surface area contributed by atoms with Crippen molar-refractivity contribution >= 4 is 0 Å². The molecule has 24 heavy (non-hydrogen) atoms. The van der Waals surface area contributed by atoms with E-state index in [9.17, 15) is 0 Å². The molecule has 0 amide bonds. The Labute approximate surface area is 149 Å². The van der Waals surface area contributed by atoms with E-state index >= 15 is 0 Å². The maximum Gasteiger partial charge on any atom is 0.0466 e. The zero-order valence-corrected chi connectivity index (χ0v) is 16.2. The summed E-state index contributed by atoms with van der Waals surface area (Å²) in [5.41, 5.74) is 5.03. The van der Waals surface area contributed by atoms with Gasteiger partial charge in [-0.15, -0.1) is 0 Å². The second-order valence-electron chi connectivity index (χ2n) is 9.09. The summed E-state index contributed by atoms with van der Waals surface area (Å²) >= 11 is 0. The Balaban J connectivity index is 1.88. The van der Waals surface area contributed by atoms with Crippen LogP contribution < -0.4 is 0 Å². The molecule has 3 rings (SSSR count). The number of benzene rings is 1. The maximum atomic E-state index is 5.70. The van der Waals surface area contributed by atoms with E-state index in [0.29, 0.717) is 5.41 Å². The molecule has 1 saturated carbocycles. The van der Waals surface area contributed by atoms with Crippen LogP contribution in [0.4, 0.5) is 0 Å². The van der Waals surface area contributed by atoms with Crippen LogP contribution in [0, 0.1) is 31.1 Å². The Morgan fingerprint density at radius 1 is 1.04 bits per heavy atom. The number of aryl methyl sites for hydroxylation is 2. The third kappa shape index (κ3) is 4.42. The lowest BCUT2D eigenvalue weighted by Crippen LogP contribution is -2.25. The summed E-state index contributed by atoms with van der Waals surface area (Å²) < 4.78 is 5.70. The summed E-state index contributed by atoms with van der Waals surface area (Å²) in [6.07, 6.45) is 9.38. The molecule has 1 aliphatic heterocycles. The highest BCUT2D eigenvalue weighted by Crippen LogP contribution is 2.52. The third-order valence-corrected chi connectivity index (χ3v) is 6.56. The average molecular weight is 329 g/mol. The molecule has 1 saturated heterocycles. The first-order chi connectivity index (χ1) is 11.5. The SMILES string of the molecule is Cc1ccc(C)c(C(CC(C)(C)C2CC2)C2CCCOCCC2)c1. The van der Waals surface area contributed by atoms with Crippen LogP contribution in [0.5, 0.6) is 0 Å². The molecule has 0 radical (unpaired) electrons. The first-order valence-electron chi connectivity index (χ1n) is 10.1.